The quantitative estimate of drug-likeness (QED) is 0.237. The Bertz CT molecular complexity index is 661. The molecule has 0 fully saturated rings. The van der Waals surface area contributed by atoms with Crippen LogP contribution in [0.3, 0.4) is 0 Å². The fraction of sp³-hybridized carbons (Fsp3) is 0.333. The van der Waals surface area contributed by atoms with Gasteiger partial charge < -0.3 is 19.1 Å². The van der Waals surface area contributed by atoms with E-state index in [1.54, 1.807) is 25.1 Å². The highest BCUT2D eigenvalue weighted by molar-refractivity contribution is 6.82. The number of rotatable bonds is 7. The van der Waals surface area contributed by atoms with Crippen LogP contribution in [0.2, 0.25) is 0 Å². The van der Waals surface area contributed by atoms with Gasteiger partial charge in [0.15, 0.2) is 0 Å². The molecule has 0 unspecified atom stereocenters. The minimum absolute atomic E-state index is 0.180. The average Bonchev–Trinajstić information content (AvgIpc) is 2.59. The molecule has 0 saturated heterocycles. The third-order valence-corrected chi connectivity index (χ3v) is 2.79. The minimum Gasteiger partial charge on any atom is -0.493 e. The van der Waals surface area contributed by atoms with Crippen molar-refractivity contribution in [3.8, 4) is 5.75 Å². The molecule has 25 heavy (non-hydrogen) atoms. The number of para-hydroxylation sites is 1. The average molecular weight is 373 g/mol. The summed E-state index contributed by atoms with van der Waals surface area (Å²) in [5.41, 5.74) is 0.180. The van der Waals surface area contributed by atoms with Gasteiger partial charge in [-0.3, -0.25) is 9.63 Å². The largest absolute Gasteiger partial charge is 0.538 e. The van der Waals surface area contributed by atoms with Gasteiger partial charge >= 0.3 is 12.1 Å². The summed E-state index contributed by atoms with van der Waals surface area (Å²) in [6.07, 6.45) is -1.30. The van der Waals surface area contributed by atoms with E-state index in [9.17, 15) is 14.4 Å². The first-order valence-electron chi connectivity index (χ1n) is 7.04. The highest BCUT2D eigenvalue weighted by Crippen LogP contribution is 2.18. The summed E-state index contributed by atoms with van der Waals surface area (Å²) in [5, 5.41) is 2.53. The Balaban J connectivity index is 2.47. The third-order valence-electron chi connectivity index (χ3n) is 2.56. The predicted octanol–water partition coefficient (Wildman–Crippen LogP) is 1.99. The number of carbonyl (C=O) groups excluding carboxylic acids is 3. The van der Waals surface area contributed by atoms with Gasteiger partial charge in [-0.15, -0.1) is 0 Å². The van der Waals surface area contributed by atoms with E-state index in [0.717, 1.165) is 4.90 Å². The standard InChI is InChI=1S/C15H17ClN2O7/c1-4-22-11-8-6-5-7-10(11)14(20)23-9-24-15(21)25-17-12(16)13(19)18(2)3/h5-8H,4,9H2,1-3H3. The second-order valence-electron chi connectivity index (χ2n) is 4.55. The third kappa shape index (κ3) is 6.68. The van der Waals surface area contributed by atoms with Crippen LogP contribution >= 0.6 is 11.6 Å². The van der Waals surface area contributed by atoms with Crippen LogP contribution in [0.5, 0.6) is 5.75 Å². The highest BCUT2D eigenvalue weighted by atomic mass is 35.5. The van der Waals surface area contributed by atoms with Crippen molar-refractivity contribution in [2.24, 2.45) is 5.16 Å². The number of carbonyl (C=O) groups is 3. The lowest BCUT2D eigenvalue weighted by molar-refractivity contribution is -0.121. The lowest BCUT2D eigenvalue weighted by atomic mass is 10.2. The first-order chi connectivity index (χ1) is 11.9. The zero-order valence-electron chi connectivity index (χ0n) is 13.9. The lowest BCUT2D eigenvalue weighted by Gasteiger charge is -2.09. The first-order valence-corrected chi connectivity index (χ1v) is 7.42. The Morgan fingerprint density at radius 3 is 2.48 bits per heavy atom. The van der Waals surface area contributed by atoms with Crippen molar-refractivity contribution in [2.45, 2.75) is 6.92 Å². The van der Waals surface area contributed by atoms with E-state index in [4.69, 9.17) is 21.1 Å². The zero-order valence-corrected chi connectivity index (χ0v) is 14.6. The Hall–Kier alpha value is -2.81. The molecule has 0 N–H and O–H groups in total. The molecule has 0 spiro atoms. The molecule has 0 aromatic heterocycles. The van der Waals surface area contributed by atoms with E-state index in [0.29, 0.717) is 12.4 Å². The monoisotopic (exact) mass is 372 g/mol. The Morgan fingerprint density at radius 1 is 1.16 bits per heavy atom. The van der Waals surface area contributed by atoms with E-state index in [1.807, 2.05) is 0 Å². The van der Waals surface area contributed by atoms with E-state index in [2.05, 4.69) is 14.7 Å². The van der Waals surface area contributed by atoms with E-state index >= 15 is 0 Å². The molecule has 1 aromatic rings. The van der Waals surface area contributed by atoms with Crippen LogP contribution in [-0.2, 0) is 19.1 Å². The summed E-state index contributed by atoms with van der Waals surface area (Å²) < 4.78 is 14.6. The fourth-order valence-electron chi connectivity index (χ4n) is 1.45. The number of hydrogen-bond donors (Lipinski definition) is 0. The summed E-state index contributed by atoms with van der Waals surface area (Å²) in [6, 6.07) is 6.44. The van der Waals surface area contributed by atoms with Gasteiger partial charge in [-0.25, -0.2) is 9.59 Å². The van der Waals surface area contributed by atoms with Crippen LogP contribution in [0.1, 0.15) is 17.3 Å². The van der Waals surface area contributed by atoms with Crippen molar-refractivity contribution >= 4 is 34.8 Å². The van der Waals surface area contributed by atoms with Crippen LogP contribution in [-0.4, -0.2) is 55.6 Å². The van der Waals surface area contributed by atoms with Gasteiger partial charge in [0.1, 0.15) is 11.3 Å². The number of oxime groups is 1. The molecule has 136 valence electrons. The maximum absolute atomic E-state index is 11.9. The zero-order chi connectivity index (χ0) is 18.8. The smallest absolute Gasteiger partial charge is 0.493 e. The molecule has 1 rings (SSSR count). The topological polar surface area (TPSA) is 104 Å². The number of nitrogens with zero attached hydrogens (tertiary/aromatic N) is 2. The maximum atomic E-state index is 11.9. The molecule has 0 radical (unpaired) electrons. The first kappa shape index (κ1) is 20.2. The molecule has 1 aromatic carbocycles. The van der Waals surface area contributed by atoms with E-state index < -0.39 is 30.0 Å². The molecular formula is C15H17ClN2O7. The van der Waals surface area contributed by atoms with Gasteiger partial charge in [-0.05, 0) is 19.1 Å². The van der Waals surface area contributed by atoms with Crippen LogP contribution in [0.15, 0.2) is 29.4 Å². The van der Waals surface area contributed by atoms with Gasteiger partial charge in [0, 0.05) is 14.1 Å². The number of ether oxygens (including phenoxy) is 3. The van der Waals surface area contributed by atoms with Gasteiger partial charge in [-0.2, -0.15) is 0 Å². The summed E-state index contributed by atoms with van der Waals surface area (Å²) in [6.45, 7) is 1.43. The van der Waals surface area contributed by atoms with Crippen molar-refractivity contribution in [3.63, 3.8) is 0 Å². The molecule has 0 atom stereocenters. The highest BCUT2D eigenvalue weighted by Gasteiger charge is 2.16. The Labute approximate surface area is 149 Å². The SMILES string of the molecule is CCOc1ccccc1C(=O)OCOC(=O)ON=C(Cl)C(=O)N(C)C. The minimum atomic E-state index is -1.30. The fourth-order valence-corrected chi connectivity index (χ4v) is 1.66. The molecule has 0 aliphatic rings. The molecule has 0 saturated carbocycles. The molecule has 9 nitrogen and oxygen atoms in total. The number of esters is 1. The Morgan fingerprint density at radius 2 is 1.84 bits per heavy atom. The normalized spacial score (nSPS) is 10.6. The second-order valence-corrected chi connectivity index (χ2v) is 4.90. The summed E-state index contributed by atoms with van der Waals surface area (Å²) >= 11 is 5.51. The van der Waals surface area contributed by atoms with Crippen molar-refractivity contribution in [3.05, 3.63) is 29.8 Å². The van der Waals surface area contributed by atoms with Crippen LogP contribution in [0.25, 0.3) is 0 Å². The number of benzene rings is 1. The van der Waals surface area contributed by atoms with Gasteiger partial charge in [0.2, 0.25) is 12.0 Å². The van der Waals surface area contributed by atoms with Crippen molar-refractivity contribution < 1.29 is 33.4 Å². The van der Waals surface area contributed by atoms with Gasteiger partial charge in [-0.1, -0.05) is 28.9 Å². The van der Waals surface area contributed by atoms with E-state index in [-0.39, 0.29) is 5.56 Å². The van der Waals surface area contributed by atoms with Crippen molar-refractivity contribution in [2.75, 3.05) is 27.5 Å². The lowest BCUT2D eigenvalue weighted by Crippen LogP contribution is -2.27. The molecule has 0 heterocycles. The molecule has 0 bridgehead atoms. The van der Waals surface area contributed by atoms with Crippen LogP contribution in [0.4, 0.5) is 4.79 Å². The maximum Gasteiger partial charge on any atom is 0.538 e. The van der Waals surface area contributed by atoms with Crippen LogP contribution < -0.4 is 4.74 Å². The Kier molecular flexibility index (Phi) is 8.21. The molecule has 10 heteroatoms. The predicted molar refractivity (Wildman–Crippen MR) is 87.4 cm³/mol. The van der Waals surface area contributed by atoms with Crippen molar-refractivity contribution in [1.29, 1.82) is 0 Å². The number of hydrogen-bond acceptors (Lipinski definition) is 8. The van der Waals surface area contributed by atoms with E-state index in [1.165, 1.54) is 20.2 Å². The second kappa shape index (κ2) is 10.1. The number of amides is 1. The molecule has 0 aliphatic carbocycles. The number of halogens is 1. The molecule has 1 amide bonds. The van der Waals surface area contributed by atoms with Gasteiger partial charge in [0.25, 0.3) is 5.91 Å². The summed E-state index contributed by atoms with van der Waals surface area (Å²) in [7, 11) is 2.89. The molecular weight excluding hydrogens is 356 g/mol. The van der Waals surface area contributed by atoms with Crippen LogP contribution in [0, 0.1) is 0 Å². The summed E-state index contributed by atoms with van der Waals surface area (Å²) in [5.74, 6) is -1.06. The van der Waals surface area contributed by atoms with Gasteiger partial charge in [0.05, 0.1) is 6.61 Å². The molecule has 0 aliphatic heterocycles. The summed E-state index contributed by atoms with van der Waals surface area (Å²) in [4.78, 5) is 39.9. The van der Waals surface area contributed by atoms with Crippen molar-refractivity contribution in [1.82, 2.24) is 4.90 Å².